The third kappa shape index (κ3) is 2.21. The van der Waals surface area contributed by atoms with E-state index in [0.29, 0.717) is 17.2 Å². The first-order valence-corrected chi connectivity index (χ1v) is 4.93. The molecule has 4 nitrogen and oxygen atoms in total. The highest BCUT2D eigenvalue weighted by molar-refractivity contribution is 5.64. The molecule has 0 radical (unpaired) electrons. The standard InChI is InChI=1S/C12H9FN4/c1-17(12-15-7-10(13)8-16-12)11-5-3-2-4-9(11)6-14/h2-5,7-8H,1H3. The average molecular weight is 228 g/mol. The maximum Gasteiger partial charge on any atom is 0.229 e. The lowest BCUT2D eigenvalue weighted by molar-refractivity contribution is 0.613. The number of halogens is 1. The highest BCUT2D eigenvalue weighted by Crippen LogP contribution is 2.23. The van der Waals surface area contributed by atoms with Gasteiger partial charge in [0.1, 0.15) is 6.07 Å². The van der Waals surface area contributed by atoms with Crippen LogP contribution < -0.4 is 4.90 Å². The van der Waals surface area contributed by atoms with Gasteiger partial charge in [-0.15, -0.1) is 0 Å². The molecule has 1 aromatic carbocycles. The van der Waals surface area contributed by atoms with Crippen LogP contribution in [0.5, 0.6) is 0 Å². The van der Waals surface area contributed by atoms with Gasteiger partial charge >= 0.3 is 0 Å². The van der Waals surface area contributed by atoms with Crippen LogP contribution in [-0.4, -0.2) is 17.0 Å². The molecule has 0 amide bonds. The Hall–Kier alpha value is -2.48. The fraction of sp³-hybridized carbons (Fsp3) is 0.0833. The molecule has 0 aliphatic heterocycles. The van der Waals surface area contributed by atoms with Crippen molar-refractivity contribution in [3.05, 3.63) is 48.0 Å². The molecule has 0 saturated heterocycles. The predicted molar refractivity (Wildman–Crippen MR) is 61.2 cm³/mol. The lowest BCUT2D eigenvalue weighted by Gasteiger charge is -2.17. The lowest BCUT2D eigenvalue weighted by Crippen LogP contribution is -2.14. The molecule has 0 aliphatic rings. The molecule has 5 heteroatoms. The highest BCUT2D eigenvalue weighted by Gasteiger charge is 2.10. The van der Waals surface area contributed by atoms with Crippen LogP contribution in [0, 0.1) is 17.1 Å². The smallest absolute Gasteiger partial charge is 0.229 e. The monoisotopic (exact) mass is 228 g/mol. The van der Waals surface area contributed by atoms with Crippen molar-refractivity contribution >= 4 is 11.6 Å². The summed E-state index contributed by atoms with van der Waals surface area (Å²) in [6.45, 7) is 0. The van der Waals surface area contributed by atoms with Crippen LogP contribution in [0.1, 0.15) is 5.56 Å². The minimum Gasteiger partial charge on any atom is -0.312 e. The number of para-hydroxylation sites is 1. The zero-order valence-electron chi connectivity index (χ0n) is 9.13. The minimum absolute atomic E-state index is 0.342. The van der Waals surface area contributed by atoms with Gasteiger partial charge in [-0.2, -0.15) is 5.26 Å². The van der Waals surface area contributed by atoms with Gasteiger partial charge in [-0.05, 0) is 12.1 Å². The fourth-order valence-corrected chi connectivity index (χ4v) is 1.45. The average Bonchev–Trinajstić information content (AvgIpc) is 2.39. The van der Waals surface area contributed by atoms with E-state index in [4.69, 9.17) is 5.26 Å². The number of hydrogen-bond donors (Lipinski definition) is 0. The Labute approximate surface area is 98.0 Å². The molecule has 0 spiro atoms. The Morgan fingerprint density at radius 1 is 1.24 bits per heavy atom. The van der Waals surface area contributed by atoms with E-state index in [0.717, 1.165) is 12.4 Å². The summed E-state index contributed by atoms with van der Waals surface area (Å²) in [4.78, 5) is 9.36. The van der Waals surface area contributed by atoms with Gasteiger partial charge in [0.25, 0.3) is 0 Å². The zero-order chi connectivity index (χ0) is 12.3. The molecule has 2 aromatic rings. The lowest BCUT2D eigenvalue weighted by atomic mass is 10.2. The van der Waals surface area contributed by atoms with Crippen molar-refractivity contribution in [2.24, 2.45) is 0 Å². The van der Waals surface area contributed by atoms with E-state index in [1.807, 2.05) is 6.07 Å². The molecule has 0 N–H and O–H groups in total. The fourth-order valence-electron chi connectivity index (χ4n) is 1.45. The molecule has 1 aromatic heterocycles. The summed E-state index contributed by atoms with van der Waals surface area (Å²) in [6, 6.07) is 9.17. The van der Waals surface area contributed by atoms with Crippen molar-refractivity contribution in [2.45, 2.75) is 0 Å². The summed E-state index contributed by atoms with van der Waals surface area (Å²) in [5.41, 5.74) is 1.20. The first-order valence-electron chi connectivity index (χ1n) is 4.93. The molecular formula is C12H9FN4. The SMILES string of the molecule is CN(c1ncc(F)cn1)c1ccccc1C#N. The van der Waals surface area contributed by atoms with Crippen LogP contribution in [-0.2, 0) is 0 Å². The summed E-state index contributed by atoms with van der Waals surface area (Å²) in [6.07, 6.45) is 2.18. The second-order valence-corrected chi connectivity index (χ2v) is 3.39. The number of rotatable bonds is 2. The number of nitriles is 1. The maximum absolute atomic E-state index is 12.7. The Bertz CT molecular complexity index is 559. The summed E-state index contributed by atoms with van der Waals surface area (Å²) in [5.74, 6) is -0.148. The van der Waals surface area contributed by atoms with E-state index in [-0.39, 0.29) is 0 Å². The van der Waals surface area contributed by atoms with Crippen molar-refractivity contribution in [3.8, 4) is 6.07 Å². The van der Waals surface area contributed by atoms with Gasteiger partial charge in [-0.3, -0.25) is 0 Å². The molecular weight excluding hydrogens is 219 g/mol. The zero-order valence-corrected chi connectivity index (χ0v) is 9.13. The number of aromatic nitrogens is 2. The maximum atomic E-state index is 12.7. The predicted octanol–water partition coefficient (Wildman–Crippen LogP) is 2.26. The van der Waals surface area contributed by atoms with Gasteiger partial charge < -0.3 is 4.90 Å². The van der Waals surface area contributed by atoms with Gasteiger partial charge in [0, 0.05) is 7.05 Å². The normalized spacial score (nSPS) is 9.71. The summed E-state index contributed by atoms with van der Waals surface area (Å²) in [5, 5.41) is 8.98. The van der Waals surface area contributed by atoms with Crippen LogP contribution in [0.25, 0.3) is 0 Å². The molecule has 0 atom stereocenters. The Morgan fingerprint density at radius 2 is 1.88 bits per heavy atom. The van der Waals surface area contributed by atoms with Crippen molar-refractivity contribution < 1.29 is 4.39 Å². The van der Waals surface area contributed by atoms with Crippen LogP contribution in [0.4, 0.5) is 16.0 Å². The first-order chi connectivity index (χ1) is 8.22. The molecule has 0 saturated carbocycles. The largest absolute Gasteiger partial charge is 0.312 e. The van der Waals surface area contributed by atoms with Crippen molar-refractivity contribution in [2.75, 3.05) is 11.9 Å². The molecule has 0 unspecified atom stereocenters. The topological polar surface area (TPSA) is 52.8 Å². The van der Waals surface area contributed by atoms with Crippen molar-refractivity contribution in [1.82, 2.24) is 9.97 Å². The number of nitrogens with zero attached hydrogens (tertiary/aromatic N) is 4. The van der Waals surface area contributed by atoms with Gasteiger partial charge in [0.05, 0.1) is 23.6 Å². The van der Waals surface area contributed by atoms with Gasteiger partial charge in [0.2, 0.25) is 5.95 Å². The Balaban J connectivity index is 2.40. The van der Waals surface area contributed by atoms with Gasteiger partial charge in [-0.25, -0.2) is 14.4 Å². The minimum atomic E-state index is -0.490. The molecule has 17 heavy (non-hydrogen) atoms. The number of benzene rings is 1. The second-order valence-electron chi connectivity index (χ2n) is 3.39. The molecule has 1 heterocycles. The van der Waals surface area contributed by atoms with Crippen molar-refractivity contribution in [3.63, 3.8) is 0 Å². The van der Waals surface area contributed by atoms with Crippen LogP contribution >= 0.6 is 0 Å². The number of anilines is 2. The molecule has 0 fully saturated rings. The Morgan fingerprint density at radius 3 is 2.53 bits per heavy atom. The van der Waals surface area contributed by atoms with Crippen LogP contribution in [0.3, 0.4) is 0 Å². The van der Waals surface area contributed by atoms with Crippen molar-refractivity contribution in [1.29, 1.82) is 5.26 Å². The van der Waals surface area contributed by atoms with E-state index in [1.54, 1.807) is 30.1 Å². The van der Waals surface area contributed by atoms with E-state index in [2.05, 4.69) is 16.0 Å². The molecule has 2 rings (SSSR count). The molecule has 0 aliphatic carbocycles. The van der Waals surface area contributed by atoms with E-state index in [1.165, 1.54) is 0 Å². The van der Waals surface area contributed by atoms with E-state index >= 15 is 0 Å². The quantitative estimate of drug-likeness (QED) is 0.791. The van der Waals surface area contributed by atoms with Crippen LogP contribution in [0.15, 0.2) is 36.7 Å². The highest BCUT2D eigenvalue weighted by atomic mass is 19.1. The van der Waals surface area contributed by atoms with Gasteiger partial charge in [0.15, 0.2) is 5.82 Å². The van der Waals surface area contributed by atoms with E-state index < -0.39 is 5.82 Å². The first kappa shape index (κ1) is 11.0. The summed E-state index contributed by atoms with van der Waals surface area (Å²) >= 11 is 0. The van der Waals surface area contributed by atoms with E-state index in [9.17, 15) is 4.39 Å². The van der Waals surface area contributed by atoms with Gasteiger partial charge in [-0.1, -0.05) is 12.1 Å². The second kappa shape index (κ2) is 4.58. The molecule has 0 bridgehead atoms. The third-order valence-electron chi connectivity index (χ3n) is 2.29. The Kier molecular flexibility index (Phi) is 2.97. The third-order valence-corrected chi connectivity index (χ3v) is 2.29. The molecule has 84 valence electrons. The summed E-state index contributed by atoms with van der Waals surface area (Å²) < 4.78 is 12.7. The summed E-state index contributed by atoms with van der Waals surface area (Å²) in [7, 11) is 1.73. The van der Waals surface area contributed by atoms with Crippen LogP contribution in [0.2, 0.25) is 0 Å². The number of hydrogen-bond acceptors (Lipinski definition) is 4.